The van der Waals surface area contributed by atoms with Gasteiger partial charge in [0, 0.05) is 17.5 Å². The minimum absolute atomic E-state index is 0.252. The molecule has 0 bridgehead atoms. The van der Waals surface area contributed by atoms with Gasteiger partial charge in [0.2, 0.25) is 0 Å². The second-order valence-electron chi connectivity index (χ2n) is 6.20. The lowest BCUT2D eigenvalue weighted by Gasteiger charge is -2.15. The Morgan fingerprint density at radius 3 is 2.70 bits per heavy atom. The SMILES string of the molecule is COc1ccccc1OC(C)C(=O)Nc1ncc(Cc2cccc(C)c2)s1. The van der Waals surface area contributed by atoms with Crippen molar-refractivity contribution in [3.63, 3.8) is 0 Å². The Hall–Kier alpha value is -2.86. The molecule has 5 nitrogen and oxygen atoms in total. The molecular formula is C21H22N2O3S. The molecule has 0 fully saturated rings. The molecule has 1 aromatic heterocycles. The van der Waals surface area contributed by atoms with Gasteiger partial charge in [-0.3, -0.25) is 10.1 Å². The van der Waals surface area contributed by atoms with Crippen molar-refractivity contribution in [1.82, 2.24) is 4.98 Å². The highest BCUT2D eigenvalue weighted by Crippen LogP contribution is 2.27. The Morgan fingerprint density at radius 1 is 1.19 bits per heavy atom. The number of benzene rings is 2. The third-order valence-electron chi connectivity index (χ3n) is 3.99. The molecule has 0 saturated carbocycles. The average molecular weight is 382 g/mol. The van der Waals surface area contributed by atoms with E-state index < -0.39 is 6.10 Å². The van der Waals surface area contributed by atoms with Crippen LogP contribution < -0.4 is 14.8 Å². The molecule has 1 heterocycles. The number of nitrogens with one attached hydrogen (secondary N) is 1. The largest absolute Gasteiger partial charge is 0.493 e. The lowest BCUT2D eigenvalue weighted by Crippen LogP contribution is -2.30. The summed E-state index contributed by atoms with van der Waals surface area (Å²) in [6, 6.07) is 15.6. The van der Waals surface area contributed by atoms with Crippen LogP contribution in [0.3, 0.4) is 0 Å². The van der Waals surface area contributed by atoms with Crippen molar-refractivity contribution in [2.24, 2.45) is 0 Å². The molecule has 27 heavy (non-hydrogen) atoms. The predicted octanol–water partition coefficient (Wildman–Crippen LogP) is 4.46. The van der Waals surface area contributed by atoms with Crippen molar-refractivity contribution in [2.45, 2.75) is 26.4 Å². The minimum atomic E-state index is -0.676. The number of anilines is 1. The van der Waals surface area contributed by atoms with Crippen molar-refractivity contribution in [3.8, 4) is 11.5 Å². The molecule has 0 spiro atoms. The highest BCUT2D eigenvalue weighted by atomic mass is 32.1. The monoisotopic (exact) mass is 382 g/mol. The second-order valence-corrected chi connectivity index (χ2v) is 7.31. The maximum absolute atomic E-state index is 12.4. The van der Waals surface area contributed by atoms with E-state index >= 15 is 0 Å². The lowest BCUT2D eigenvalue weighted by atomic mass is 10.1. The Balaban J connectivity index is 1.60. The van der Waals surface area contributed by atoms with Gasteiger partial charge in [0.05, 0.1) is 7.11 Å². The predicted molar refractivity (Wildman–Crippen MR) is 108 cm³/mol. The first-order valence-electron chi connectivity index (χ1n) is 8.66. The number of amides is 1. The number of thiazole rings is 1. The summed E-state index contributed by atoms with van der Waals surface area (Å²) in [7, 11) is 1.57. The summed E-state index contributed by atoms with van der Waals surface area (Å²) in [6.45, 7) is 3.77. The normalized spacial score (nSPS) is 11.7. The first kappa shape index (κ1) is 18.9. The van der Waals surface area contributed by atoms with Crippen molar-refractivity contribution in [3.05, 3.63) is 70.7 Å². The van der Waals surface area contributed by atoms with Gasteiger partial charge in [-0.1, -0.05) is 42.0 Å². The zero-order chi connectivity index (χ0) is 19.2. The summed E-state index contributed by atoms with van der Waals surface area (Å²) in [5.41, 5.74) is 2.46. The van der Waals surface area contributed by atoms with E-state index in [-0.39, 0.29) is 5.91 Å². The second kappa shape index (κ2) is 8.68. The number of aryl methyl sites for hydroxylation is 1. The summed E-state index contributed by atoms with van der Waals surface area (Å²) >= 11 is 1.47. The number of para-hydroxylation sites is 2. The standard InChI is InChI=1S/C21H22N2O3S/c1-14-7-6-8-16(11-14)12-17-13-22-21(27-17)23-20(24)15(2)26-19-10-5-4-9-18(19)25-3/h4-11,13,15H,12H2,1-3H3,(H,22,23,24). The lowest BCUT2D eigenvalue weighted by molar-refractivity contribution is -0.122. The number of rotatable bonds is 7. The Morgan fingerprint density at radius 2 is 1.96 bits per heavy atom. The number of carbonyl (C=O) groups excluding carboxylic acids is 1. The van der Waals surface area contributed by atoms with Gasteiger partial charge in [-0.15, -0.1) is 11.3 Å². The maximum atomic E-state index is 12.4. The smallest absolute Gasteiger partial charge is 0.266 e. The number of carbonyl (C=O) groups is 1. The Labute approximate surface area is 163 Å². The molecule has 1 unspecified atom stereocenters. The van der Waals surface area contributed by atoms with Gasteiger partial charge >= 0.3 is 0 Å². The fourth-order valence-corrected chi connectivity index (χ4v) is 3.49. The van der Waals surface area contributed by atoms with Crippen LogP contribution >= 0.6 is 11.3 Å². The van der Waals surface area contributed by atoms with Crippen LogP contribution in [0.2, 0.25) is 0 Å². The van der Waals surface area contributed by atoms with E-state index in [1.165, 1.54) is 22.5 Å². The van der Waals surface area contributed by atoms with Crippen LogP contribution in [-0.4, -0.2) is 24.1 Å². The fourth-order valence-electron chi connectivity index (χ4n) is 2.64. The van der Waals surface area contributed by atoms with Crippen LogP contribution in [0.15, 0.2) is 54.7 Å². The third-order valence-corrected chi connectivity index (χ3v) is 4.90. The Kier molecular flexibility index (Phi) is 6.08. The molecule has 1 amide bonds. The maximum Gasteiger partial charge on any atom is 0.266 e. The summed E-state index contributed by atoms with van der Waals surface area (Å²) < 4.78 is 11.0. The fraction of sp³-hybridized carbons (Fsp3) is 0.238. The van der Waals surface area contributed by atoms with Crippen LogP contribution in [0.1, 0.15) is 22.9 Å². The molecule has 1 atom stereocenters. The number of methoxy groups -OCH3 is 1. The Bertz CT molecular complexity index is 923. The molecule has 0 radical (unpaired) electrons. The first-order valence-corrected chi connectivity index (χ1v) is 9.47. The molecule has 3 aromatic rings. The molecule has 6 heteroatoms. The average Bonchev–Trinajstić information content (AvgIpc) is 3.09. The molecule has 0 aliphatic carbocycles. The zero-order valence-electron chi connectivity index (χ0n) is 15.6. The summed E-state index contributed by atoms with van der Waals surface area (Å²) in [5, 5.41) is 3.39. The molecule has 140 valence electrons. The van der Waals surface area contributed by atoms with E-state index in [2.05, 4.69) is 35.4 Å². The highest BCUT2D eigenvalue weighted by molar-refractivity contribution is 7.15. The van der Waals surface area contributed by atoms with Gasteiger partial charge in [0.1, 0.15) is 0 Å². The van der Waals surface area contributed by atoms with E-state index in [0.717, 1.165) is 11.3 Å². The minimum Gasteiger partial charge on any atom is -0.493 e. The summed E-state index contributed by atoms with van der Waals surface area (Å²) in [5.74, 6) is 0.867. The molecule has 0 aliphatic heterocycles. The van der Waals surface area contributed by atoms with Gasteiger partial charge in [-0.25, -0.2) is 4.98 Å². The van der Waals surface area contributed by atoms with Crippen LogP contribution in [-0.2, 0) is 11.2 Å². The van der Waals surface area contributed by atoms with Gasteiger partial charge in [0.15, 0.2) is 22.7 Å². The van der Waals surface area contributed by atoms with E-state index in [9.17, 15) is 4.79 Å². The van der Waals surface area contributed by atoms with Crippen molar-refractivity contribution >= 4 is 22.4 Å². The zero-order valence-corrected chi connectivity index (χ0v) is 16.4. The molecular weight excluding hydrogens is 360 g/mol. The van der Waals surface area contributed by atoms with E-state index in [0.29, 0.717) is 16.6 Å². The van der Waals surface area contributed by atoms with Gasteiger partial charge in [-0.2, -0.15) is 0 Å². The van der Waals surface area contributed by atoms with Gasteiger partial charge in [-0.05, 0) is 31.5 Å². The number of ether oxygens (including phenoxy) is 2. The van der Waals surface area contributed by atoms with Crippen LogP contribution in [0.5, 0.6) is 11.5 Å². The van der Waals surface area contributed by atoms with Gasteiger partial charge < -0.3 is 9.47 Å². The van der Waals surface area contributed by atoms with Crippen molar-refractivity contribution < 1.29 is 14.3 Å². The molecule has 2 aromatic carbocycles. The quantitative estimate of drug-likeness (QED) is 0.655. The first-order chi connectivity index (χ1) is 13.0. The highest BCUT2D eigenvalue weighted by Gasteiger charge is 2.18. The number of aromatic nitrogens is 1. The van der Waals surface area contributed by atoms with Crippen LogP contribution in [0.25, 0.3) is 0 Å². The van der Waals surface area contributed by atoms with Crippen LogP contribution in [0.4, 0.5) is 5.13 Å². The van der Waals surface area contributed by atoms with Crippen LogP contribution in [0, 0.1) is 6.92 Å². The number of nitrogens with zero attached hydrogens (tertiary/aromatic N) is 1. The van der Waals surface area contributed by atoms with E-state index in [1.54, 1.807) is 32.4 Å². The van der Waals surface area contributed by atoms with E-state index in [4.69, 9.17) is 9.47 Å². The molecule has 0 saturated heterocycles. The molecule has 0 aliphatic rings. The van der Waals surface area contributed by atoms with E-state index in [1.807, 2.05) is 18.2 Å². The summed E-state index contributed by atoms with van der Waals surface area (Å²) in [6.07, 6.45) is 1.92. The van der Waals surface area contributed by atoms with Gasteiger partial charge in [0.25, 0.3) is 5.91 Å². The summed E-state index contributed by atoms with van der Waals surface area (Å²) in [4.78, 5) is 17.8. The number of hydrogen-bond donors (Lipinski definition) is 1. The molecule has 1 N–H and O–H groups in total. The van der Waals surface area contributed by atoms with Crippen molar-refractivity contribution in [2.75, 3.05) is 12.4 Å². The van der Waals surface area contributed by atoms with Crippen molar-refractivity contribution in [1.29, 1.82) is 0 Å². The molecule has 3 rings (SSSR count). The topological polar surface area (TPSA) is 60.5 Å². The number of hydrogen-bond acceptors (Lipinski definition) is 5. The third kappa shape index (κ3) is 5.08.